The summed E-state index contributed by atoms with van der Waals surface area (Å²) in [6.45, 7) is 5.76. The first-order chi connectivity index (χ1) is 12.2. The maximum Gasteiger partial charge on any atom is 0.416 e. The van der Waals surface area contributed by atoms with E-state index in [2.05, 4.69) is 20.8 Å². The minimum absolute atomic E-state index is 0.150. The zero-order valence-corrected chi connectivity index (χ0v) is 14.7. The van der Waals surface area contributed by atoms with E-state index in [1.807, 2.05) is 13.8 Å². The molecule has 2 rings (SSSR count). The molecule has 1 heterocycles. The van der Waals surface area contributed by atoms with Crippen molar-refractivity contribution in [2.24, 2.45) is 0 Å². The lowest BCUT2D eigenvalue weighted by atomic mass is 10.1. The van der Waals surface area contributed by atoms with Crippen LogP contribution >= 0.6 is 0 Å². The normalized spacial score (nSPS) is 12.9. The van der Waals surface area contributed by atoms with Gasteiger partial charge in [-0.2, -0.15) is 18.2 Å². The Hall–Kier alpha value is -2.58. The van der Waals surface area contributed by atoms with Gasteiger partial charge in [-0.05, 0) is 24.6 Å². The number of hydrogen-bond acceptors (Lipinski definition) is 4. The van der Waals surface area contributed by atoms with Gasteiger partial charge in [0.2, 0.25) is 5.89 Å². The zero-order valence-electron chi connectivity index (χ0n) is 14.7. The molecule has 0 radical (unpaired) electrons. The van der Waals surface area contributed by atoms with Crippen LogP contribution in [0.25, 0.3) is 0 Å². The fraction of sp³-hybridized carbons (Fsp3) is 0.471. The van der Waals surface area contributed by atoms with Gasteiger partial charge in [0.25, 0.3) is 0 Å². The Morgan fingerprint density at radius 1 is 1.27 bits per heavy atom. The van der Waals surface area contributed by atoms with Crippen molar-refractivity contribution in [2.75, 3.05) is 6.54 Å². The van der Waals surface area contributed by atoms with Gasteiger partial charge in [-0.25, -0.2) is 4.79 Å². The highest BCUT2D eigenvalue weighted by Crippen LogP contribution is 2.30. The van der Waals surface area contributed by atoms with Crippen LogP contribution in [-0.4, -0.2) is 22.7 Å². The van der Waals surface area contributed by atoms with Crippen molar-refractivity contribution >= 4 is 6.03 Å². The number of alkyl halides is 3. The summed E-state index contributed by atoms with van der Waals surface area (Å²) in [6.07, 6.45) is -4.05. The Balaban J connectivity index is 1.83. The molecular formula is C17H21F3N4O2. The average Bonchev–Trinajstić information content (AvgIpc) is 3.03. The number of nitrogens with zero attached hydrogens (tertiary/aromatic N) is 2. The molecule has 0 aliphatic carbocycles. The molecule has 0 saturated carbocycles. The molecule has 0 aliphatic rings. The van der Waals surface area contributed by atoms with Crippen molar-refractivity contribution in [1.29, 1.82) is 0 Å². The monoisotopic (exact) mass is 370 g/mol. The molecule has 2 aromatic rings. The smallest absolute Gasteiger partial charge is 0.339 e. The summed E-state index contributed by atoms with van der Waals surface area (Å²) in [6, 6.07) is 3.80. The van der Waals surface area contributed by atoms with Crippen LogP contribution in [0.5, 0.6) is 0 Å². The molecule has 2 amide bonds. The zero-order chi connectivity index (χ0) is 19.3. The largest absolute Gasteiger partial charge is 0.416 e. The number of aromatic nitrogens is 2. The standard InChI is InChI=1S/C17H21F3N4O2/c1-10(2)15-23-14(26-24-15)7-8-21-16(25)22-11(3)12-5-4-6-13(9-12)17(18,19)20/h4-6,9-11H,7-8H2,1-3H3,(H2,21,22,25). The van der Waals surface area contributed by atoms with E-state index in [1.54, 1.807) is 6.92 Å². The fourth-order valence-corrected chi connectivity index (χ4v) is 2.20. The SMILES string of the molecule is CC(C)c1noc(CCNC(=O)NC(C)c2cccc(C(F)(F)F)c2)n1. The number of rotatable bonds is 6. The maximum absolute atomic E-state index is 12.8. The second-order valence-electron chi connectivity index (χ2n) is 6.20. The number of benzene rings is 1. The second-order valence-corrected chi connectivity index (χ2v) is 6.20. The number of nitrogens with one attached hydrogen (secondary N) is 2. The maximum atomic E-state index is 12.8. The fourth-order valence-electron chi connectivity index (χ4n) is 2.20. The predicted molar refractivity (Wildman–Crippen MR) is 88.5 cm³/mol. The minimum atomic E-state index is -4.42. The highest BCUT2D eigenvalue weighted by molar-refractivity contribution is 5.74. The molecule has 2 N–H and O–H groups in total. The Morgan fingerprint density at radius 2 is 2.00 bits per heavy atom. The molecule has 1 atom stereocenters. The van der Waals surface area contributed by atoms with Crippen LogP contribution in [0.3, 0.4) is 0 Å². The molecule has 0 saturated heterocycles. The van der Waals surface area contributed by atoms with Gasteiger partial charge < -0.3 is 15.2 Å². The summed E-state index contributed by atoms with van der Waals surface area (Å²) >= 11 is 0. The Bertz CT molecular complexity index is 744. The van der Waals surface area contributed by atoms with E-state index in [4.69, 9.17) is 4.52 Å². The summed E-state index contributed by atoms with van der Waals surface area (Å²) in [7, 11) is 0. The van der Waals surface area contributed by atoms with Crippen molar-refractivity contribution in [2.45, 2.75) is 45.3 Å². The lowest BCUT2D eigenvalue weighted by Gasteiger charge is -2.16. The number of hydrogen-bond donors (Lipinski definition) is 2. The van der Waals surface area contributed by atoms with Gasteiger partial charge in [-0.1, -0.05) is 31.1 Å². The van der Waals surface area contributed by atoms with E-state index in [0.29, 0.717) is 23.7 Å². The molecule has 1 aromatic carbocycles. The van der Waals surface area contributed by atoms with E-state index in [1.165, 1.54) is 12.1 Å². The molecule has 26 heavy (non-hydrogen) atoms. The Kier molecular flexibility index (Phi) is 6.23. The molecule has 0 spiro atoms. The topological polar surface area (TPSA) is 80.0 Å². The first kappa shape index (κ1) is 19.7. The first-order valence-electron chi connectivity index (χ1n) is 8.21. The van der Waals surface area contributed by atoms with Crippen LogP contribution in [0.2, 0.25) is 0 Å². The van der Waals surface area contributed by atoms with Crippen molar-refractivity contribution in [1.82, 2.24) is 20.8 Å². The molecule has 1 unspecified atom stereocenters. The number of carbonyl (C=O) groups is 1. The highest BCUT2D eigenvalue weighted by atomic mass is 19.4. The number of amides is 2. The highest BCUT2D eigenvalue weighted by Gasteiger charge is 2.30. The molecule has 142 valence electrons. The van der Waals surface area contributed by atoms with Gasteiger partial charge >= 0.3 is 12.2 Å². The van der Waals surface area contributed by atoms with Gasteiger partial charge in [-0.15, -0.1) is 0 Å². The Morgan fingerprint density at radius 3 is 2.62 bits per heavy atom. The summed E-state index contributed by atoms with van der Waals surface area (Å²) < 4.78 is 43.3. The van der Waals surface area contributed by atoms with Crippen LogP contribution in [-0.2, 0) is 12.6 Å². The molecule has 6 nitrogen and oxygen atoms in total. The van der Waals surface area contributed by atoms with Gasteiger partial charge in [0.05, 0.1) is 11.6 Å². The van der Waals surface area contributed by atoms with E-state index in [-0.39, 0.29) is 12.5 Å². The number of carbonyl (C=O) groups excluding carboxylic acids is 1. The van der Waals surface area contributed by atoms with Crippen LogP contribution in [0.4, 0.5) is 18.0 Å². The van der Waals surface area contributed by atoms with Crippen LogP contribution in [0, 0.1) is 0 Å². The predicted octanol–water partition coefficient (Wildman–Crippen LogP) is 3.81. The number of halogens is 3. The lowest BCUT2D eigenvalue weighted by Crippen LogP contribution is -2.38. The molecule has 0 fully saturated rings. The molecular weight excluding hydrogens is 349 g/mol. The summed E-state index contributed by atoms with van der Waals surface area (Å²) in [5, 5.41) is 9.04. The molecule has 1 aromatic heterocycles. The van der Waals surface area contributed by atoms with Crippen molar-refractivity contribution < 1.29 is 22.5 Å². The second kappa shape index (κ2) is 8.20. The van der Waals surface area contributed by atoms with Crippen LogP contribution in [0.15, 0.2) is 28.8 Å². The lowest BCUT2D eigenvalue weighted by molar-refractivity contribution is -0.137. The third-order valence-electron chi connectivity index (χ3n) is 3.69. The van der Waals surface area contributed by atoms with Gasteiger partial charge in [0, 0.05) is 18.9 Å². The van der Waals surface area contributed by atoms with Crippen molar-refractivity contribution in [3.8, 4) is 0 Å². The quantitative estimate of drug-likeness (QED) is 0.810. The van der Waals surface area contributed by atoms with Gasteiger partial charge in [0.15, 0.2) is 5.82 Å². The van der Waals surface area contributed by atoms with Crippen LogP contribution in [0.1, 0.15) is 55.6 Å². The van der Waals surface area contributed by atoms with E-state index in [0.717, 1.165) is 12.1 Å². The number of urea groups is 1. The van der Waals surface area contributed by atoms with Crippen LogP contribution < -0.4 is 10.6 Å². The third-order valence-corrected chi connectivity index (χ3v) is 3.69. The summed E-state index contributed by atoms with van der Waals surface area (Å²) in [5.41, 5.74) is -0.380. The minimum Gasteiger partial charge on any atom is -0.339 e. The van der Waals surface area contributed by atoms with Crippen molar-refractivity contribution in [3.63, 3.8) is 0 Å². The van der Waals surface area contributed by atoms with E-state index >= 15 is 0 Å². The summed E-state index contributed by atoms with van der Waals surface area (Å²) in [5.74, 6) is 1.17. The summed E-state index contributed by atoms with van der Waals surface area (Å²) in [4.78, 5) is 16.1. The first-order valence-corrected chi connectivity index (χ1v) is 8.21. The average molecular weight is 370 g/mol. The van der Waals surface area contributed by atoms with E-state index < -0.39 is 23.8 Å². The molecule has 9 heteroatoms. The van der Waals surface area contributed by atoms with Gasteiger partial charge in [-0.3, -0.25) is 0 Å². The van der Waals surface area contributed by atoms with Gasteiger partial charge in [0.1, 0.15) is 0 Å². The third kappa shape index (κ3) is 5.47. The van der Waals surface area contributed by atoms with Crippen molar-refractivity contribution in [3.05, 3.63) is 47.1 Å². The molecule has 0 aliphatic heterocycles. The molecule has 0 bridgehead atoms. The van der Waals surface area contributed by atoms with E-state index in [9.17, 15) is 18.0 Å². The Labute approximate surface area is 149 Å².